The zero-order chi connectivity index (χ0) is 19.2. The quantitative estimate of drug-likeness (QED) is 0.448. The van der Waals surface area contributed by atoms with Crippen LogP contribution in [0, 0.1) is 5.92 Å². The van der Waals surface area contributed by atoms with Crippen molar-refractivity contribution >= 4 is 28.6 Å². The molecule has 2 heterocycles. The fourth-order valence-corrected chi connectivity index (χ4v) is 3.48. The van der Waals surface area contributed by atoms with Crippen molar-refractivity contribution in [3.63, 3.8) is 0 Å². The highest BCUT2D eigenvalue weighted by atomic mass is 32.2. The molecule has 0 radical (unpaired) electrons. The zero-order valence-electron chi connectivity index (χ0n) is 15.9. The van der Waals surface area contributed by atoms with Gasteiger partial charge in [0.2, 0.25) is 5.91 Å². The molecule has 7 nitrogen and oxygen atoms in total. The number of fused-ring (bicyclic) bond motifs is 1. The first-order chi connectivity index (χ1) is 13.1. The Labute approximate surface area is 162 Å². The summed E-state index contributed by atoms with van der Waals surface area (Å²) in [5.41, 5.74) is 1.37. The fraction of sp³-hybridized carbons (Fsp3) is 0.474. The lowest BCUT2D eigenvalue weighted by Gasteiger charge is -2.11. The smallest absolute Gasteiger partial charge is 0.226 e. The summed E-state index contributed by atoms with van der Waals surface area (Å²) in [7, 11) is 0. The minimum absolute atomic E-state index is 0.0532. The van der Waals surface area contributed by atoms with Crippen LogP contribution in [-0.4, -0.2) is 38.6 Å². The summed E-state index contributed by atoms with van der Waals surface area (Å²) >= 11 is 1.61. The van der Waals surface area contributed by atoms with Crippen LogP contribution in [0.2, 0.25) is 0 Å². The summed E-state index contributed by atoms with van der Waals surface area (Å²) < 4.78 is 7.42. The number of carbonyl (C=O) groups is 1. The molecule has 1 amide bonds. The van der Waals surface area contributed by atoms with E-state index < -0.39 is 0 Å². The average Bonchev–Trinajstić information content (AvgIpc) is 3.23. The maximum absolute atomic E-state index is 12.2. The van der Waals surface area contributed by atoms with Crippen LogP contribution in [0.25, 0.3) is 11.0 Å². The third kappa shape index (κ3) is 4.88. The van der Waals surface area contributed by atoms with Gasteiger partial charge >= 0.3 is 0 Å². The summed E-state index contributed by atoms with van der Waals surface area (Å²) in [5, 5.41) is 17.3. The third-order valence-electron chi connectivity index (χ3n) is 4.20. The molecule has 3 rings (SSSR count). The molecule has 0 aliphatic rings. The van der Waals surface area contributed by atoms with Gasteiger partial charge in [-0.05, 0) is 30.7 Å². The molecule has 1 N–H and O–H groups in total. The number of nitrogens with one attached hydrogen (secondary N) is 1. The van der Waals surface area contributed by atoms with Crippen LogP contribution in [0.4, 0.5) is 0 Å². The molecule has 8 heteroatoms. The molecule has 0 bridgehead atoms. The average molecular weight is 388 g/mol. The first kappa shape index (κ1) is 19.4. The number of amides is 1. The van der Waals surface area contributed by atoms with Gasteiger partial charge in [0.15, 0.2) is 10.7 Å². The van der Waals surface area contributed by atoms with Crippen molar-refractivity contribution in [3.05, 3.63) is 35.8 Å². The van der Waals surface area contributed by atoms with E-state index in [2.05, 4.69) is 39.1 Å². The lowest BCUT2D eigenvalue weighted by Crippen LogP contribution is -2.26. The Kier molecular flexibility index (Phi) is 6.49. The second kappa shape index (κ2) is 9.03. The molecule has 0 unspecified atom stereocenters. The predicted molar refractivity (Wildman–Crippen MR) is 106 cm³/mol. The van der Waals surface area contributed by atoms with Gasteiger partial charge in [-0.3, -0.25) is 4.79 Å². The van der Waals surface area contributed by atoms with Crippen LogP contribution >= 0.6 is 11.8 Å². The standard InChI is InChI=1S/C19H25N5O2S/c1-13(2)12-24-17(21-22-19(24)27-3)9-6-10-20-18(25)11-15-14-7-4-5-8-16(14)26-23-15/h4-5,7-8,13H,6,9-12H2,1-3H3,(H,20,25). The second-order valence-corrected chi connectivity index (χ2v) is 7.64. The number of aromatic nitrogens is 4. The van der Waals surface area contributed by atoms with Crippen LogP contribution in [-0.2, 0) is 24.2 Å². The highest BCUT2D eigenvalue weighted by Gasteiger charge is 2.14. The van der Waals surface area contributed by atoms with E-state index in [0.717, 1.165) is 35.8 Å². The van der Waals surface area contributed by atoms with E-state index >= 15 is 0 Å². The zero-order valence-corrected chi connectivity index (χ0v) is 16.8. The summed E-state index contributed by atoms with van der Waals surface area (Å²) in [5.74, 6) is 1.45. The number of benzene rings is 1. The number of para-hydroxylation sites is 1. The molecular weight excluding hydrogens is 362 g/mol. The topological polar surface area (TPSA) is 85.8 Å². The predicted octanol–water partition coefficient (Wildman–Crippen LogP) is 3.09. The van der Waals surface area contributed by atoms with Crippen molar-refractivity contribution in [1.29, 1.82) is 0 Å². The number of thioether (sulfide) groups is 1. The van der Waals surface area contributed by atoms with Gasteiger partial charge in [-0.15, -0.1) is 10.2 Å². The summed E-state index contributed by atoms with van der Waals surface area (Å²) in [6, 6.07) is 7.56. The number of hydrogen-bond acceptors (Lipinski definition) is 6. The summed E-state index contributed by atoms with van der Waals surface area (Å²) in [6.45, 7) is 5.87. The van der Waals surface area contributed by atoms with Crippen LogP contribution < -0.4 is 5.32 Å². The monoisotopic (exact) mass is 387 g/mol. The van der Waals surface area contributed by atoms with Crippen molar-refractivity contribution in [1.82, 2.24) is 25.2 Å². The van der Waals surface area contributed by atoms with Crippen molar-refractivity contribution in [2.24, 2.45) is 5.92 Å². The third-order valence-corrected chi connectivity index (χ3v) is 4.87. The number of rotatable bonds is 9. The normalized spacial score (nSPS) is 11.4. The Balaban J connectivity index is 1.49. The molecule has 0 aliphatic heterocycles. The number of aryl methyl sites for hydroxylation is 1. The van der Waals surface area contributed by atoms with Gasteiger partial charge in [-0.1, -0.05) is 42.9 Å². The fourth-order valence-electron chi connectivity index (χ4n) is 2.96. The maximum Gasteiger partial charge on any atom is 0.226 e. The Hall–Kier alpha value is -2.35. The SMILES string of the molecule is CSc1nnc(CCCNC(=O)Cc2noc3ccccc23)n1CC(C)C. The van der Waals surface area contributed by atoms with Crippen molar-refractivity contribution in [2.45, 2.75) is 44.8 Å². The van der Waals surface area contributed by atoms with Gasteiger partial charge in [0.25, 0.3) is 0 Å². The van der Waals surface area contributed by atoms with Gasteiger partial charge < -0.3 is 14.4 Å². The molecule has 27 heavy (non-hydrogen) atoms. The molecule has 0 fully saturated rings. The first-order valence-electron chi connectivity index (χ1n) is 9.14. The van der Waals surface area contributed by atoms with Gasteiger partial charge in [-0.2, -0.15) is 0 Å². The Morgan fingerprint density at radius 3 is 2.89 bits per heavy atom. The van der Waals surface area contributed by atoms with Crippen LogP contribution in [0.3, 0.4) is 0 Å². The molecule has 2 aromatic heterocycles. The van der Waals surface area contributed by atoms with E-state index in [9.17, 15) is 4.79 Å². The Bertz CT molecular complexity index is 903. The summed E-state index contributed by atoms with van der Waals surface area (Å²) in [4.78, 5) is 12.2. The van der Waals surface area contributed by atoms with Crippen LogP contribution in [0.15, 0.2) is 33.9 Å². The molecule has 0 saturated carbocycles. The minimum Gasteiger partial charge on any atom is -0.356 e. The van der Waals surface area contributed by atoms with E-state index in [0.29, 0.717) is 23.7 Å². The molecule has 0 spiro atoms. The lowest BCUT2D eigenvalue weighted by molar-refractivity contribution is -0.120. The molecule has 0 aliphatic carbocycles. The van der Waals surface area contributed by atoms with E-state index in [4.69, 9.17) is 4.52 Å². The van der Waals surface area contributed by atoms with Crippen molar-refractivity contribution in [3.8, 4) is 0 Å². The maximum atomic E-state index is 12.2. The van der Waals surface area contributed by atoms with E-state index in [-0.39, 0.29) is 12.3 Å². The van der Waals surface area contributed by atoms with Gasteiger partial charge in [0, 0.05) is 24.9 Å². The summed E-state index contributed by atoms with van der Waals surface area (Å²) in [6.07, 6.45) is 3.83. The molecular formula is C19H25N5O2S. The minimum atomic E-state index is -0.0532. The lowest BCUT2D eigenvalue weighted by atomic mass is 10.1. The molecule has 144 valence electrons. The molecule has 0 atom stereocenters. The first-order valence-corrected chi connectivity index (χ1v) is 10.4. The molecule has 1 aromatic carbocycles. The van der Waals surface area contributed by atoms with Crippen LogP contribution in [0.5, 0.6) is 0 Å². The van der Waals surface area contributed by atoms with Gasteiger partial charge in [0.05, 0.1) is 6.42 Å². The molecule has 3 aromatic rings. The van der Waals surface area contributed by atoms with Crippen molar-refractivity contribution < 1.29 is 9.32 Å². The Morgan fingerprint density at radius 1 is 1.30 bits per heavy atom. The number of hydrogen-bond donors (Lipinski definition) is 1. The highest BCUT2D eigenvalue weighted by Crippen LogP contribution is 2.18. The number of nitrogens with zero attached hydrogens (tertiary/aromatic N) is 4. The second-order valence-electron chi connectivity index (χ2n) is 6.86. The van der Waals surface area contributed by atoms with Crippen molar-refractivity contribution in [2.75, 3.05) is 12.8 Å². The largest absolute Gasteiger partial charge is 0.356 e. The molecule has 0 saturated heterocycles. The van der Waals surface area contributed by atoms with Gasteiger partial charge in [-0.25, -0.2) is 0 Å². The van der Waals surface area contributed by atoms with E-state index in [1.54, 1.807) is 11.8 Å². The van der Waals surface area contributed by atoms with Gasteiger partial charge in [0.1, 0.15) is 11.5 Å². The van der Waals surface area contributed by atoms with E-state index in [1.165, 1.54) is 0 Å². The van der Waals surface area contributed by atoms with E-state index in [1.807, 2.05) is 30.5 Å². The Morgan fingerprint density at radius 2 is 2.11 bits per heavy atom. The van der Waals surface area contributed by atoms with Crippen LogP contribution in [0.1, 0.15) is 31.8 Å². The highest BCUT2D eigenvalue weighted by molar-refractivity contribution is 7.98. The number of carbonyl (C=O) groups excluding carboxylic acids is 1.